The molecule has 108 valence electrons. The van der Waals surface area contributed by atoms with E-state index in [-0.39, 0.29) is 0 Å². The van der Waals surface area contributed by atoms with Gasteiger partial charge in [-0.05, 0) is 39.2 Å². The second kappa shape index (κ2) is 6.50. The van der Waals surface area contributed by atoms with E-state index in [4.69, 9.17) is 0 Å². The van der Waals surface area contributed by atoms with Gasteiger partial charge in [0.25, 0.3) is 0 Å². The van der Waals surface area contributed by atoms with E-state index >= 15 is 0 Å². The minimum atomic E-state index is 0.886. The van der Waals surface area contributed by atoms with Crippen LogP contribution in [0.4, 0.5) is 5.82 Å². The number of aryl methyl sites for hydroxylation is 3. The predicted octanol–water partition coefficient (Wildman–Crippen LogP) is 2.66. The Morgan fingerprint density at radius 1 is 1.20 bits per heavy atom. The standard InChI is InChI=1S/C15H23N5/c1-5-14-9-15(18-10-17-14)16-7-6-8-20-13(4)11(2)12(3)19-20/h9-10H,5-8H2,1-4H3,(H,16,17,18). The molecule has 0 aliphatic rings. The van der Waals surface area contributed by atoms with Gasteiger partial charge in [0.05, 0.1) is 5.69 Å². The van der Waals surface area contributed by atoms with Crippen molar-refractivity contribution in [2.24, 2.45) is 0 Å². The van der Waals surface area contributed by atoms with Crippen molar-refractivity contribution in [1.29, 1.82) is 0 Å². The third-order valence-electron chi connectivity index (χ3n) is 3.68. The Kier molecular flexibility index (Phi) is 4.71. The Balaban J connectivity index is 1.82. The van der Waals surface area contributed by atoms with E-state index in [0.29, 0.717) is 0 Å². The molecule has 0 atom stereocenters. The molecule has 2 aromatic rings. The van der Waals surface area contributed by atoms with Crippen LogP contribution in [0.15, 0.2) is 12.4 Å². The molecule has 0 spiro atoms. The van der Waals surface area contributed by atoms with Gasteiger partial charge < -0.3 is 5.32 Å². The summed E-state index contributed by atoms with van der Waals surface area (Å²) in [6.45, 7) is 10.2. The van der Waals surface area contributed by atoms with Crippen molar-refractivity contribution in [3.63, 3.8) is 0 Å². The lowest BCUT2D eigenvalue weighted by Crippen LogP contribution is -2.10. The van der Waals surface area contributed by atoms with Gasteiger partial charge in [0, 0.05) is 30.5 Å². The lowest BCUT2D eigenvalue weighted by atomic mass is 10.2. The smallest absolute Gasteiger partial charge is 0.129 e. The highest BCUT2D eigenvalue weighted by molar-refractivity contribution is 5.34. The van der Waals surface area contributed by atoms with Crippen LogP contribution in [0.25, 0.3) is 0 Å². The van der Waals surface area contributed by atoms with Gasteiger partial charge >= 0.3 is 0 Å². The molecule has 2 heterocycles. The SMILES string of the molecule is CCc1cc(NCCCn2nc(C)c(C)c2C)ncn1. The maximum Gasteiger partial charge on any atom is 0.129 e. The number of rotatable bonds is 6. The third kappa shape index (κ3) is 3.35. The zero-order valence-corrected chi connectivity index (χ0v) is 12.8. The van der Waals surface area contributed by atoms with E-state index in [2.05, 4.69) is 52.8 Å². The minimum Gasteiger partial charge on any atom is -0.370 e. The summed E-state index contributed by atoms with van der Waals surface area (Å²) >= 11 is 0. The molecule has 1 N–H and O–H groups in total. The summed E-state index contributed by atoms with van der Waals surface area (Å²) in [5.41, 5.74) is 4.75. The quantitative estimate of drug-likeness (QED) is 0.822. The summed E-state index contributed by atoms with van der Waals surface area (Å²) in [5, 5.41) is 7.88. The summed E-state index contributed by atoms with van der Waals surface area (Å²) in [6.07, 6.45) is 3.57. The van der Waals surface area contributed by atoms with Crippen LogP contribution in [-0.2, 0) is 13.0 Å². The Morgan fingerprint density at radius 3 is 2.65 bits per heavy atom. The van der Waals surface area contributed by atoms with E-state index in [0.717, 1.165) is 43.1 Å². The van der Waals surface area contributed by atoms with E-state index < -0.39 is 0 Å². The highest BCUT2D eigenvalue weighted by atomic mass is 15.3. The maximum absolute atomic E-state index is 4.54. The molecule has 0 amide bonds. The lowest BCUT2D eigenvalue weighted by molar-refractivity contribution is 0.573. The molecular weight excluding hydrogens is 250 g/mol. The van der Waals surface area contributed by atoms with Gasteiger partial charge in [-0.25, -0.2) is 9.97 Å². The molecule has 20 heavy (non-hydrogen) atoms. The first kappa shape index (κ1) is 14.5. The van der Waals surface area contributed by atoms with Gasteiger partial charge in [-0.2, -0.15) is 5.10 Å². The molecule has 5 nitrogen and oxygen atoms in total. The van der Waals surface area contributed by atoms with Crippen molar-refractivity contribution in [3.8, 4) is 0 Å². The summed E-state index contributed by atoms with van der Waals surface area (Å²) in [7, 11) is 0. The maximum atomic E-state index is 4.54. The number of anilines is 1. The van der Waals surface area contributed by atoms with Crippen molar-refractivity contribution < 1.29 is 0 Å². The summed E-state index contributed by atoms with van der Waals surface area (Å²) in [4.78, 5) is 8.42. The van der Waals surface area contributed by atoms with Gasteiger partial charge in [-0.3, -0.25) is 4.68 Å². The van der Waals surface area contributed by atoms with Crippen LogP contribution in [0.2, 0.25) is 0 Å². The zero-order valence-electron chi connectivity index (χ0n) is 12.8. The third-order valence-corrected chi connectivity index (χ3v) is 3.68. The number of nitrogens with zero attached hydrogens (tertiary/aromatic N) is 4. The molecule has 0 aliphatic carbocycles. The number of hydrogen-bond acceptors (Lipinski definition) is 4. The molecule has 0 fully saturated rings. The monoisotopic (exact) mass is 273 g/mol. The largest absolute Gasteiger partial charge is 0.370 e. The Hall–Kier alpha value is -1.91. The van der Waals surface area contributed by atoms with Crippen LogP contribution in [0.3, 0.4) is 0 Å². The van der Waals surface area contributed by atoms with Crippen LogP contribution >= 0.6 is 0 Å². The first-order valence-electron chi connectivity index (χ1n) is 7.17. The highest BCUT2D eigenvalue weighted by Crippen LogP contribution is 2.11. The number of hydrogen-bond donors (Lipinski definition) is 1. The minimum absolute atomic E-state index is 0.886. The molecule has 0 aliphatic heterocycles. The fourth-order valence-electron chi connectivity index (χ4n) is 2.14. The Morgan fingerprint density at radius 2 is 2.00 bits per heavy atom. The van der Waals surface area contributed by atoms with Crippen molar-refractivity contribution in [3.05, 3.63) is 35.0 Å². The molecule has 0 saturated carbocycles. The predicted molar refractivity (Wildman–Crippen MR) is 81.0 cm³/mol. The van der Waals surface area contributed by atoms with Crippen LogP contribution in [0.1, 0.15) is 36.0 Å². The van der Waals surface area contributed by atoms with Crippen LogP contribution in [0, 0.1) is 20.8 Å². The second-order valence-corrected chi connectivity index (χ2v) is 5.05. The van der Waals surface area contributed by atoms with E-state index in [9.17, 15) is 0 Å². The first-order valence-corrected chi connectivity index (χ1v) is 7.17. The number of aromatic nitrogens is 4. The molecule has 2 rings (SSSR count). The highest BCUT2D eigenvalue weighted by Gasteiger charge is 2.06. The first-order chi connectivity index (χ1) is 9.61. The molecule has 0 aromatic carbocycles. The van der Waals surface area contributed by atoms with Crippen molar-refractivity contribution >= 4 is 5.82 Å². The molecule has 0 saturated heterocycles. The fourth-order valence-corrected chi connectivity index (χ4v) is 2.14. The normalized spacial score (nSPS) is 10.8. The zero-order chi connectivity index (χ0) is 14.5. The van der Waals surface area contributed by atoms with E-state index in [1.807, 2.05) is 6.07 Å². The Labute approximate surface area is 120 Å². The van der Waals surface area contributed by atoms with Crippen molar-refractivity contribution in [2.45, 2.75) is 47.1 Å². The van der Waals surface area contributed by atoms with Crippen LogP contribution in [0.5, 0.6) is 0 Å². The van der Waals surface area contributed by atoms with Gasteiger partial charge in [0.15, 0.2) is 0 Å². The second-order valence-electron chi connectivity index (χ2n) is 5.05. The average Bonchev–Trinajstić information content (AvgIpc) is 2.71. The van der Waals surface area contributed by atoms with Crippen LogP contribution < -0.4 is 5.32 Å². The van der Waals surface area contributed by atoms with Crippen molar-refractivity contribution in [2.75, 3.05) is 11.9 Å². The molecule has 0 radical (unpaired) electrons. The fraction of sp³-hybridized carbons (Fsp3) is 0.533. The van der Waals surface area contributed by atoms with Gasteiger partial charge in [-0.1, -0.05) is 6.92 Å². The molecule has 0 unspecified atom stereocenters. The van der Waals surface area contributed by atoms with Gasteiger partial charge in [0.2, 0.25) is 0 Å². The topological polar surface area (TPSA) is 55.6 Å². The molecule has 2 aromatic heterocycles. The molecule has 5 heteroatoms. The lowest BCUT2D eigenvalue weighted by Gasteiger charge is -2.07. The number of nitrogens with one attached hydrogen (secondary N) is 1. The van der Waals surface area contributed by atoms with Crippen LogP contribution in [-0.4, -0.2) is 26.3 Å². The van der Waals surface area contributed by atoms with Crippen molar-refractivity contribution in [1.82, 2.24) is 19.7 Å². The molecule has 0 bridgehead atoms. The summed E-state index contributed by atoms with van der Waals surface area (Å²) < 4.78 is 2.09. The Bertz CT molecular complexity index is 574. The average molecular weight is 273 g/mol. The van der Waals surface area contributed by atoms with E-state index in [1.165, 1.54) is 11.3 Å². The van der Waals surface area contributed by atoms with Gasteiger partial charge in [-0.15, -0.1) is 0 Å². The molecular formula is C15H23N5. The van der Waals surface area contributed by atoms with E-state index in [1.54, 1.807) is 6.33 Å². The summed E-state index contributed by atoms with van der Waals surface area (Å²) in [5.74, 6) is 0.904. The van der Waals surface area contributed by atoms with Gasteiger partial charge in [0.1, 0.15) is 12.1 Å². The summed E-state index contributed by atoms with van der Waals surface area (Å²) in [6, 6.07) is 2.01.